The molecule has 4 rings (SSSR count). The summed E-state index contributed by atoms with van der Waals surface area (Å²) >= 11 is 0. The number of carbonyl (C=O) groups excluding carboxylic acids is 1. The summed E-state index contributed by atoms with van der Waals surface area (Å²) in [5, 5.41) is 3.01. The van der Waals surface area contributed by atoms with E-state index in [0.717, 1.165) is 29.5 Å². The van der Waals surface area contributed by atoms with E-state index in [1.807, 2.05) is 60.7 Å². The summed E-state index contributed by atoms with van der Waals surface area (Å²) in [6, 6.07) is 26.2. The Morgan fingerprint density at radius 3 is 1.84 bits per heavy atom. The minimum Gasteiger partial charge on any atom is -0.351 e. The van der Waals surface area contributed by atoms with E-state index in [2.05, 4.69) is 5.32 Å². The van der Waals surface area contributed by atoms with Gasteiger partial charge in [-0.3, -0.25) is 4.79 Å². The summed E-state index contributed by atoms with van der Waals surface area (Å²) in [7, 11) is -3.43. The Labute approximate surface area is 183 Å². The zero-order valence-electron chi connectivity index (χ0n) is 17.3. The van der Waals surface area contributed by atoms with Gasteiger partial charge in [0.25, 0.3) is 0 Å². The molecular weight excluding hydrogens is 408 g/mol. The molecule has 1 saturated heterocycles. The van der Waals surface area contributed by atoms with Crippen LogP contribution in [0, 0.1) is 0 Å². The molecule has 160 valence electrons. The molecule has 0 radical (unpaired) electrons. The molecule has 0 aliphatic carbocycles. The first-order valence-corrected chi connectivity index (χ1v) is 12.0. The van der Waals surface area contributed by atoms with Crippen LogP contribution in [0.3, 0.4) is 0 Å². The van der Waals surface area contributed by atoms with Crippen molar-refractivity contribution in [3.05, 3.63) is 102 Å². The molecule has 31 heavy (non-hydrogen) atoms. The SMILES string of the molecule is O=C(NCc1ccc(S(=O)(=O)N2CCCC2)cc1)C(c1ccccc1)c1ccccc1. The van der Waals surface area contributed by atoms with Gasteiger partial charge in [-0.2, -0.15) is 4.31 Å². The van der Waals surface area contributed by atoms with Gasteiger partial charge in [-0.25, -0.2) is 8.42 Å². The van der Waals surface area contributed by atoms with E-state index < -0.39 is 15.9 Å². The molecule has 1 aliphatic rings. The third-order valence-corrected chi connectivity index (χ3v) is 7.53. The van der Waals surface area contributed by atoms with Gasteiger partial charge in [-0.1, -0.05) is 72.8 Å². The largest absolute Gasteiger partial charge is 0.351 e. The third kappa shape index (κ3) is 4.86. The van der Waals surface area contributed by atoms with Crippen molar-refractivity contribution >= 4 is 15.9 Å². The number of amides is 1. The highest BCUT2D eigenvalue weighted by Gasteiger charge is 2.27. The molecule has 0 unspecified atom stereocenters. The molecule has 0 spiro atoms. The van der Waals surface area contributed by atoms with Crippen molar-refractivity contribution < 1.29 is 13.2 Å². The predicted molar refractivity (Wildman–Crippen MR) is 121 cm³/mol. The second kappa shape index (κ2) is 9.45. The quantitative estimate of drug-likeness (QED) is 0.613. The molecule has 3 aromatic carbocycles. The molecule has 1 heterocycles. The van der Waals surface area contributed by atoms with Crippen LogP contribution in [-0.2, 0) is 21.4 Å². The summed E-state index contributed by atoms with van der Waals surface area (Å²) in [5.74, 6) is -0.497. The van der Waals surface area contributed by atoms with Crippen LogP contribution in [0.15, 0.2) is 89.8 Å². The van der Waals surface area contributed by atoms with Crippen molar-refractivity contribution in [2.45, 2.75) is 30.2 Å². The van der Waals surface area contributed by atoms with Crippen LogP contribution in [0.5, 0.6) is 0 Å². The van der Waals surface area contributed by atoms with E-state index in [0.29, 0.717) is 24.5 Å². The molecule has 5 nitrogen and oxygen atoms in total. The van der Waals surface area contributed by atoms with E-state index >= 15 is 0 Å². The second-order valence-corrected chi connectivity index (χ2v) is 9.67. The van der Waals surface area contributed by atoms with Gasteiger partial charge in [0.05, 0.1) is 10.8 Å². The van der Waals surface area contributed by atoms with Crippen LogP contribution in [0.4, 0.5) is 0 Å². The van der Waals surface area contributed by atoms with Crippen LogP contribution < -0.4 is 5.32 Å². The molecule has 0 saturated carbocycles. The van der Waals surface area contributed by atoms with E-state index in [1.165, 1.54) is 4.31 Å². The van der Waals surface area contributed by atoms with Gasteiger partial charge in [-0.05, 0) is 41.7 Å². The lowest BCUT2D eigenvalue weighted by Crippen LogP contribution is -2.30. The monoisotopic (exact) mass is 434 g/mol. The maximum atomic E-state index is 13.1. The van der Waals surface area contributed by atoms with Crippen LogP contribution in [0.1, 0.15) is 35.4 Å². The van der Waals surface area contributed by atoms with E-state index in [4.69, 9.17) is 0 Å². The highest BCUT2D eigenvalue weighted by atomic mass is 32.2. The number of nitrogens with zero attached hydrogens (tertiary/aromatic N) is 1. The molecule has 1 aliphatic heterocycles. The minimum absolute atomic E-state index is 0.0915. The van der Waals surface area contributed by atoms with Crippen molar-refractivity contribution in [1.29, 1.82) is 0 Å². The van der Waals surface area contributed by atoms with Gasteiger partial charge < -0.3 is 5.32 Å². The van der Waals surface area contributed by atoms with Gasteiger partial charge in [0.15, 0.2) is 0 Å². The standard InChI is InChI=1S/C25H26N2O3S/c28-25(24(21-9-3-1-4-10-21)22-11-5-2-6-12-22)26-19-20-13-15-23(16-14-20)31(29,30)27-17-7-8-18-27/h1-6,9-16,24H,7-8,17-19H2,(H,26,28). The average molecular weight is 435 g/mol. The van der Waals surface area contributed by atoms with E-state index in [1.54, 1.807) is 24.3 Å². The fraction of sp³-hybridized carbons (Fsp3) is 0.240. The van der Waals surface area contributed by atoms with E-state index in [9.17, 15) is 13.2 Å². The molecule has 6 heteroatoms. The molecule has 1 N–H and O–H groups in total. The molecule has 1 amide bonds. The molecule has 0 bridgehead atoms. The number of hydrogen-bond donors (Lipinski definition) is 1. The first-order valence-electron chi connectivity index (χ1n) is 10.5. The van der Waals surface area contributed by atoms with Gasteiger partial charge in [0, 0.05) is 19.6 Å². The van der Waals surface area contributed by atoms with Crippen molar-refractivity contribution in [3.8, 4) is 0 Å². The highest BCUT2D eigenvalue weighted by Crippen LogP contribution is 2.25. The number of rotatable bonds is 7. The Morgan fingerprint density at radius 1 is 0.806 bits per heavy atom. The molecule has 0 aromatic heterocycles. The first kappa shape index (κ1) is 21.3. The summed E-state index contributed by atoms with van der Waals surface area (Å²) in [4.78, 5) is 13.4. The smallest absolute Gasteiger partial charge is 0.243 e. The minimum atomic E-state index is -3.43. The van der Waals surface area contributed by atoms with Crippen molar-refractivity contribution in [2.24, 2.45) is 0 Å². The van der Waals surface area contributed by atoms with Crippen LogP contribution in [0.2, 0.25) is 0 Å². The first-order chi connectivity index (χ1) is 15.1. The lowest BCUT2D eigenvalue weighted by atomic mass is 9.90. The average Bonchev–Trinajstić information content (AvgIpc) is 3.36. The Hall–Kier alpha value is -2.96. The second-order valence-electron chi connectivity index (χ2n) is 7.73. The Bertz CT molecular complexity index is 1070. The number of benzene rings is 3. The van der Waals surface area contributed by atoms with E-state index in [-0.39, 0.29) is 5.91 Å². The maximum absolute atomic E-state index is 13.1. The molecule has 0 atom stereocenters. The van der Waals surface area contributed by atoms with Gasteiger partial charge in [0.2, 0.25) is 15.9 Å². The Kier molecular flexibility index (Phi) is 6.49. The third-order valence-electron chi connectivity index (χ3n) is 5.62. The topological polar surface area (TPSA) is 66.5 Å². The van der Waals surface area contributed by atoms with Gasteiger partial charge >= 0.3 is 0 Å². The summed E-state index contributed by atoms with van der Waals surface area (Å²) < 4.78 is 26.9. The molecule has 3 aromatic rings. The summed E-state index contributed by atoms with van der Waals surface area (Å²) in [6.45, 7) is 1.50. The van der Waals surface area contributed by atoms with Gasteiger partial charge in [-0.15, -0.1) is 0 Å². The lowest BCUT2D eigenvalue weighted by molar-refractivity contribution is -0.121. The molecular formula is C25H26N2O3S. The van der Waals surface area contributed by atoms with Gasteiger partial charge in [0.1, 0.15) is 0 Å². The normalized spacial score (nSPS) is 14.6. The van der Waals surface area contributed by atoms with Crippen molar-refractivity contribution in [3.63, 3.8) is 0 Å². The molecule has 1 fully saturated rings. The predicted octanol–water partition coefficient (Wildman–Crippen LogP) is 3.92. The Morgan fingerprint density at radius 2 is 1.32 bits per heavy atom. The fourth-order valence-electron chi connectivity index (χ4n) is 3.93. The lowest BCUT2D eigenvalue weighted by Gasteiger charge is -2.18. The Balaban J connectivity index is 1.47. The fourth-order valence-corrected chi connectivity index (χ4v) is 5.45. The number of carbonyl (C=O) groups is 1. The zero-order valence-corrected chi connectivity index (χ0v) is 18.1. The summed E-state index contributed by atoms with van der Waals surface area (Å²) in [5.41, 5.74) is 2.71. The highest BCUT2D eigenvalue weighted by molar-refractivity contribution is 7.89. The van der Waals surface area contributed by atoms with Crippen LogP contribution in [0.25, 0.3) is 0 Å². The van der Waals surface area contributed by atoms with Crippen molar-refractivity contribution in [2.75, 3.05) is 13.1 Å². The number of nitrogens with one attached hydrogen (secondary N) is 1. The van der Waals surface area contributed by atoms with Crippen LogP contribution >= 0.6 is 0 Å². The van der Waals surface area contributed by atoms with Crippen LogP contribution in [-0.4, -0.2) is 31.7 Å². The number of hydrogen-bond acceptors (Lipinski definition) is 3. The maximum Gasteiger partial charge on any atom is 0.243 e. The zero-order chi connectivity index (χ0) is 21.7. The van der Waals surface area contributed by atoms with Crippen molar-refractivity contribution in [1.82, 2.24) is 9.62 Å². The number of sulfonamides is 1. The summed E-state index contributed by atoms with van der Waals surface area (Å²) in [6.07, 6.45) is 1.82.